The molecule has 3 heterocycles. The van der Waals surface area contributed by atoms with Crippen molar-refractivity contribution < 1.29 is 48.0 Å². The topological polar surface area (TPSA) is 198 Å². The largest absolute Gasteiger partial charge is 0.511 e. The molecule has 38 heavy (non-hydrogen) atoms. The molecule has 0 aromatic carbocycles. The fourth-order valence-corrected chi connectivity index (χ4v) is 3.22. The number of nitrogens with one attached hydrogen (secondary N) is 1. The van der Waals surface area contributed by atoms with E-state index in [0.717, 1.165) is 12.2 Å². The Bertz CT molecular complexity index is 1060. The summed E-state index contributed by atoms with van der Waals surface area (Å²) in [4.78, 5) is 57.4. The molecule has 4 N–H and O–H groups in total. The number of aliphatic hydroxyl groups excluding tert-OH is 1. The molecule has 0 unspecified atom stereocenters. The van der Waals surface area contributed by atoms with Crippen LogP contribution in [0.25, 0.3) is 0 Å². The van der Waals surface area contributed by atoms with Crippen molar-refractivity contribution >= 4 is 29.7 Å². The van der Waals surface area contributed by atoms with Crippen molar-refractivity contribution in [2.24, 2.45) is 5.84 Å². The fraction of sp³-hybridized carbons (Fsp3) is 0.583. The lowest BCUT2D eigenvalue weighted by atomic mass is 10.0. The van der Waals surface area contributed by atoms with Crippen LogP contribution in [0.2, 0.25) is 0 Å². The van der Waals surface area contributed by atoms with E-state index in [1.54, 1.807) is 17.7 Å². The molecule has 14 heteroatoms. The highest BCUT2D eigenvalue weighted by molar-refractivity contribution is 6.16. The number of allylic oxidation sites excluding steroid dienone is 1. The molecule has 212 valence electrons. The number of carbonyl (C=O) groups excluding carboxylic acids is 5. The minimum Gasteiger partial charge on any atom is -0.511 e. The van der Waals surface area contributed by atoms with Gasteiger partial charge in [0, 0.05) is 40.8 Å². The van der Waals surface area contributed by atoms with Crippen molar-refractivity contribution in [1.82, 2.24) is 15.2 Å². The zero-order valence-electron chi connectivity index (χ0n) is 22.9. The fourth-order valence-electron chi connectivity index (χ4n) is 3.22. The van der Waals surface area contributed by atoms with Gasteiger partial charge in [-0.25, -0.2) is 9.59 Å². The maximum absolute atomic E-state index is 11.9. The summed E-state index contributed by atoms with van der Waals surface area (Å²) in [6, 6.07) is 1.70. The molecule has 0 amide bonds. The first-order valence-corrected chi connectivity index (χ1v) is 11.8. The molecule has 0 saturated carbocycles. The smallest absolute Gasteiger partial charge is 0.352 e. The molecular weight excluding hydrogens is 504 g/mol. The number of aliphatic hydroxyl groups is 1. The monoisotopic (exact) mass is 540 g/mol. The van der Waals surface area contributed by atoms with E-state index < -0.39 is 59.1 Å². The molecule has 0 radical (unpaired) electrons. The van der Waals surface area contributed by atoms with Crippen molar-refractivity contribution in [2.45, 2.75) is 85.8 Å². The second kappa shape index (κ2) is 13.1. The maximum atomic E-state index is 11.9. The number of cyclic esters (lactones) is 4. The van der Waals surface area contributed by atoms with Crippen LogP contribution in [0.5, 0.6) is 0 Å². The van der Waals surface area contributed by atoms with Gasteiger partial charge in [0.1, 0.15) is 11.5 Å². The van der Waals surface area contributed by atoms with Crippen molar-refractivity contribution in [3.63, 3.8) is 0 Å². The summed E-state index contributed by atoms with van der Waals surface area (Å²) in [5, 5.41) is 13.6. The number of nitrogens with zero attached hydrogens (tertiary/aromatic N) is 2. The van der Waals surface area contributed by atoms with Crippen molar-refractivity contribution in [1.29, 1.82) is 0 Å². The quantitative estimate of drug-likeness (QED) is 0.0916. The van der Waals surface area contributed by atoms with Crippen LogP contribution in [0.3, 0.4) is 0 Å². The van der Waals surface area contributed by atoms with Crippen LogP contribution in [0.4, 0.5) is 0 Å². The summed E-state index contributed by atoms with van der Waals surface area (Å²) in [5.74, 6) is -2.98. The molecule has 2 saturated heterocycles. The molecule has 2 aliphatic heterocycles. The molecule has 3 rings (SSSR count). The lowest BCUT2D eigenvalue weighted by Crippen LogP contribution is -2.45. The third-order valence-electron chi connectivity index (χ3n) is 4.69. The van der Waals surface area contributed by atoms with Gasteiger partial charge < -0.3 is 24.1 Å². The lowest BCUT2D eigenvalue weighted by Gasteiger charge is -2.32. The molecule has 1 aromatic heterocycles. The molecule has 0 atom stereocenters. The van der Waals surface area contributed by atoms with E-state index in [9.17, 15) is 29.1 Å². The summed E-state index contributed by atoms with van der Waals surface area (Å²) < 4.78 is 21.3. The van der Waals surface area contributed by atoms with Gasteiger partial charge in [0.25, 0.3) is 11.6 Å². The Balaban J connectivity index is 0.000000335. The predicted octanol–water partition coefficient (Wildman–Crippen LogP) is 1.21. The van der Waals surface area contributed by atoms with E-state index >= 15 is 0 Å². The Morgan fingerprint density at radius 2 is 1.47 bits per heavy atom. The molecular formula is C24H36N4O10. The highest BCUT2D eigenvalue weighted by Crippen LogP contribution is 2.30. The van der Waals surface area contributed by atoms with Gasteiger partial charge in [0.05, 0.1) is 17.8 Å². The van der Waals surface area contributed by atoms with E-state index in [0.29, 0.717) is 12.2 Å². The van der Waals surface area contributed by atoms with E-state index in [2.05, 4.69) is 10.5 Å². The van der Waals surface area contributed by atoms with Crippen LogP contribution in [0.15, 0.2) is 17.4 Å². The van der Waals surface area contributed by atoms with Gasteiger partial charge in [0.15, 0.2) is 11.5 Å². The predicted molar refractivity (Wildman–Crippen MR) is 131 cm³/mol. The van der Waals surface area contributed by atoms with E-state index in [4.69, 9.17) is 24.8 Å². The number of nitrogens with two attached hydrogens (primary N) is 1. The third kappa shape index (κ3) is 8.95. The van der Waals surface area contributed by atoms with Gasteiger partial charge in [-0.05, 0) is 26.8 Å². The second-order valence-corrected chi connectivity index (χ2v) is 9.14. The Labute approximate surface area is 220 Å². The van der Waals surface area contributed by atoms with Crippen molar-refractivity contribution in [3.05, 3.63) is 28.8 Å². The van der Waals surface area contributed by atoms with Gasteiger partial charge in [-0.3, -0.25) is 30.3 Å². The van der Waals surface area contributed by atoms with Crippen LogP contribution in [-0.4, -0.2) is 62.7 Å². The second-order valence-electron chi connectivity index (χ2n) is 9.14. The van der Waals surface area contributed by atoms with Crippen molar-refractivity contribution in [2.75, 3.05) is 6.54 Å². The Kier molecular flexibility index (Phi) is 11.2. The summed E-state index contributed by atoms with van der Waals surface area (Å²) in [6.45, 7) is 14.1. The Hall–Kier alpha value is -3.78. The molecule has 2 fully saturated rings. The third-order valence-corrected chi connectivity index (χ3v) is 4.69. The summed E-state index contributed by atoms with van der Waals surface area (Å²) >= 11 is 0. The zero-order valence-corrected chi connectivity index (χ0v) is 22.9. The van der Waals surface area contributed by atoms with Crippen LogP contribution in [0, 0.1) is 6.92 Å². The Morgan fingerprint density at radius 1 is 1.03 bits per heavy atom. The minimum atomic E-state index is -1.35. The number of ketones is 1. The van der Waals surface area contributed by atoms with Crippen molar-refractivity contribution in [3.8, 4) is 0 Å². The van der Waals surface area contributed by atoms with Crippen LogP contribution in [0.1, 0.15) is 72.2 Å². The number of ether oxygens (including phenoxy) is 4. The molecule has 14 nitrogen and oxygen atoms in total. The highest BCUT2D eigenvalue weighted by atomic mass is 16.8. The summed E-state index contributed by atoms with van der Waals surface area (Å²) in [6.07, 6.45) is -0.403. The highest BCUT2D eigenvalue weighted by Gasteiger charge is 2.45. The molecule has 0 aliphatic carbocycles. The molecule has 1 aromatic rings. The van der Waals surface area contributed by atoms with Crippen LogP contribution >= 0.6 is 0 Å². The molecule has 2 aliphatic rings. The number of aromatic nitrogens is 2. The van der Waals surface area contributed by atoms with E-state index in [1.165, 1.54) is 34.6 Å². The zero-order chi connectivity index (χ0) is 29.4. The SMILES string of the molecule is CC(=O)CC(O)=C1C(=O)OC(C)(C)OC1=O.CCNN.CCn1nc(C)cc1C1C(=O)OC(C)(C)OC1=O. The first kappa shape index (κ1) is 32.2. The van der Waals surface area contributed by atoms with Gasteiger partial charge in [0.2, 0.25) is 0 Å². The van der Waals surface area contributed by atoms with E-state index in [-0.39, 0.29) is 5.78 Å². The number of rotatable bonds is 5. The van der Waals surface area contributed by atoms with Gasteiger partial charge >= 0.3 is 23.9 Å². The van der Waals surface area contributed by atoms with Gasteiger partial charge in [-0.15, -0.1) is 0 Å². The normalized spacial score (nSPS) is 18.0. The number of hydrazine groups is 1. The number of hydrogen-bond acceptors (Lipinski definition) is 13. The average molecular weight is 541 g/mol. The Morgan fingerprint density at radius 3 is 1.87 bits per heavy atom. The standard InChI is InChI=1S/C12H16N2O4.C10H12O6.C2H8N2/c1-5-14-8(6-7(2)13-14)9-10(15)17-12(3,4)18-11(9)16;1-5(11)4-6(12)7-8(13)15-10(2,3)16-9(7)14;1-2-4-3/h6,9H,5H2,1-4H3;12H,4H2,1-3H3;4H,2-3H2,1H3. The lowest BCUT2D eigenvalue weighted by molar-refractivity contribution is -0.235. The van der Waals surface area contributed by atoms with Gasteiger partial charge in [-0.2, -0.15) is 5.10 Å². The number of esters is 4. The summed E-state index contributed by atoms with van der Waals surface area (Å²) in [7, 11) is 0. The number of hydrogen-bond donors (Lipinski definition) is 3. The first-order chi connectivity index (χ1) is 17.5. The average Bonchev–Trinajstić information content (AvgIpc) is 3.11. The number of Topliss-reactive ketones (excluding diaryl/α,β-unsaturated/α-hetero) is 1. The summed E-state index contributed by atoms with van der Waals surface area (Å²) in [5.41, 5.74) is 3.08. The minimum absolute atomic E-state index is 0.379. The maximum Gasteiger partial charge on any atom is 0.352 e. The first-order valence-electron chi connectivity index (χ1n) is 11.8. The van der Waals surface area contributed by atoms with E-state index in [1.807, 2.05) is 13.8 Å². The van der Waals surface area contributed by atoms with Crippen LogP contribution < -0.4 is 11.3 Å². The van der Waals surface area contributed by atoms with Gasteiger partial charge in [-0.1, -0.05) is 6.92 Å². The number of carbonyl (C=O) groups is 5. The van der Waals surface area contributed by atoms with Crippen LogP contribution in [-0.2, 0) is 49.5 Å². The number of aryl methyl sites for hydroxylation is 2. The molecule has 0 spiro atoms. The molecule has 0 bridgehead atoms.